The molecule has 2 aromatic rings. The third-order valence-electron chi connectivity index (χ3n) is 3.27. The van der Waals surface area contributed by atoms with E-state index in [2.05, 4.69) is 45.7 Å². The van der Waals surface area contributed by atoms with E-state index < -0.39 is 0 Å². The van der Waals surface area contributed by atoms with Crippen molar-refractivity contribution in [1.29, 1.82) is 0 Å². The van der Waals surface area contributed by atoms with E-state index in [9.17, 15) is 0 Å². The number of anilines is 2. The molecule has 18 heavy (non-hydrogen) atoms. The maximum absolute atomic E-state index is 4.32. The van der Waals surface area contributed by atoms with Crippen LogP contribution in [-0.4, -0.2) is 18.1 Å². The minimum Gasteiger partial charge on any atom is -0.370 e. The van der Waals surface area contributed by atoms with Crippen molar-refractivity contribution in [3.8, 4) is 0 Å². The Labute approximate surface area is 111 Å². The van der Waals surface area contributed by atoms with Crippen LogP contribution in [0, 0.1) is 0 Å². The highest BCUT2D eigenvalue weighted by Crippen LogP contribution is 2.28. The van der Waals surface area contributed by atoms with Crippen molar-refractivity contribution in [2.45, 2.75) is 19.9 Å². The number of nitrogens with one attached hydrogen (secondary N) is 1. The molecule has 3 heterocycles. The van der Waals surface area contributed by atoms with Gasteiger partial charge in [0.05, 0.1) is 0 Å². The molecule has 1 N–H and O–H groups in total. The van der Waals surface area contributed by atoms with Crippen LogP contribution in [0.5, 0.6) is 0 Å². The third-order valence-corrected chi connectivity index (χ3v) is 4.30. The van der Waals surface area contributed by atoms with Gasteiger partial charge in [0.25, 0.3) is 0 Å². The van der Waals surface area contributed by atoms with Crippen LogP contribution in [0.1, 0.15) is 17.4 Å². The first-order valence-electron chi connectivity index (χ1n) is 6.37. The highest BCUT2D eigenvalue weighted by atomic mass is 32.1. The second kappa shape index (κ2) is 4.98. The summed E-state index contributed by atoms with van der Waals surface area (Å²) in [5.41, 5.74) is 2.74. The molecular weight excluding hydrogens is 242 g/mol. The van der Waals surface area contributed by atoms with Gasteiger partial charge in [-0.3, -0.25) is 0 Å². The molecule has 0 fully saturated rings. The Morgan fingerprint density at radius 3 is 3.28 bits per heavy atom. The van der Waals surface area contributed by atoms with Gasteiger partial charge in [-0.1, -0.05) is 0 Å². The van der Waals surface area contributed by atoms with Crippen molar-refractivity contribution in [3.05, 3.63) is 40.2 Å². The monoisotopic (exact) mass is 259 g/mol. The highest BCUT2D eigenvalue weighted by molar-refractivity contribution is 7.10. The summed E-state index contributed by atoms with van der Waals surface area (Å²) in [6.45, 7) is 5.12. The average molecular weight is 259 g/mol. The molecule has 3 nitrogen and oxygen atoms in total. The number of aromatic nitrogens is 1. The lowest BCUT2D eigenvalue weighted by atomic mass is 10.1. The van der Waals surface area contributed by atoms with Crippen molar-refractivity contribution >= 4 is 22.8 Å². The minimum absolute atomic E-state index is 0.908. The number of thiophene rings is 1. The molecule has 1 aliphatic heterocycles. The van der Waals surface area contributed by atoms with E-state index >= 15 is 0 Å². The number of pyridine rings is 1. The Morgan fingerprint density at radius 2 is 2.39 bits per heavy atom. The van der Waals surface area contributed by atoms with Gasteiger partial charge >= 0.3 is 0 Å². The van der Waals surface area contributed by atoms with E-state index in [1.54, 1.807) is 4.88 Å². The molecule has 0 saturated carbocycles. The van der Waals surface area contributed by atoms with Gasteiger partial charge in [-0.05, 0) is 36.4 Å². The number of hydrogen-bond donors (Lipinski definition) is 1. The van der Waals surface area contributed by atoms with Crippen molar-refractivity contribution in [3.63, 3.8) is 0 Å². The fraction of sp³-hybridized carbons (Fsp3) is 0.357. The molecule has 2 aromatic heterocycles. The highest BCUT2D eigenvalue weighted by Gasteiger charge is 2.17. The number of rotatable bonds is 3. The Balaban J connectivity index is 1.81. The second-order valence-electron chi connectivity index (χ2n) is 4.47. The zero-order valence-electron chi connectivity index (χ0n) is 10.5. The van der Waals surface area contributed by atoms with Crippen molar-refractivity contribution < 1.29 is 0 Å². The van der Waals surface area contributed by atoms with E-state index in [0.29, 0.717) is 0 Å². The summed E-state index contributed by atoms with van der Waals surface area (Å²) in [4.78, 5) is 8.30. The van der Waals surface area contributed by atoms with E-state index in [1.807, 2.05) is 17.5 Å². The molecule has 0 aromatic carbocycles. The summed E-state index contributed by atoms with van der Waals surface area (Å²) >= 11 is 1.88. The number of fused-ring (bicyclic) bond motifs is 1. The minimum atomic E-state index is 0.908. The van der Waals surface area contributed by atoms with Crippen LogP contribution in [0.15, 0.2) is 29.8 Å². The molecular formula is C14H17N3S. The number of nitrogens with zero attached hydrogens (tertiary/aromatic N) is 2. The van der Waals surface area contributed by atoms with Gasteiger partial charge in [0.1, 0.15) is 5.82 Å². The van der Waals surface area contributed by atoms with Crippen LogP contribution >= 0.6 is 11.3 Å². The first kappa shape index (κ1) is 11.5. The first-order chi connectivity index (χ1) is 8.86. The predicted molar refractivity (Wildman–Crippen MR) is 77.5 cm³/mol. The predicted octanol–water partition coefficient (Wildman–Crippen LogP) is 3.14. The van der Waals surface area contributed by atoms with Crippen LogP contribution in [0.25, 0.3) is 0 Å². The maximum Gasteiger partial charge on any atom is 0.127 e. The Morgan fingerprint density at radius 1 is 1.44 bits per heavy atom. The lowest BCUT2D eigenvalue weighted by Gasteiger charge is -2.29. The van der Waals surface area contributed by atoms with Gasteiger partial charge < -0.3 is 10.2 Å². The van der Waals surface area contributed by atoms with Crippen molar-refractivity contribution in [1.82, 2.24) is 4.98 Å². The molecule has 0 saturated heterocycles. The molecule has 0 atom stereocenters. The summed E-state index contributed by atoms with van der Waals surface area (Å²) in [5.74, 6) is 0.964. The Bertz CT molecular complexity index is 535. The van der Waals surface area contributed by atoms with E-state index in [0.717, 1.165) is 31.9 Å². The molecule has 0 spiro atoms. The van der Waals surface area contributed by atoms with Gasteiger partial charge in [0.15, 0.2) is 0 Å². The summed E-state index contributed by atoms with van der Waals surface area (Å²) in [5, 5.41) is 5.46. The topological polar surface area (TPSA) is 28.2 Å². The average Bonchev–Trinajstić information content (AvgIpc) is 2.86. The summed E-state index contributed by atoms with van der Waals surface area (Å²) < 4.78 is 0. The molecule has 0 bridgehead atoms. The molecule has 0 radical (unpaired) electrons. The standard InChI is InChI=1S/C14H17N3S/c1-2-15-14-9-12(3-6-16-14)17-7-4-13-11(10-17)5-8-18-13/h3,5-6,8-9H,2,4,7,10H2,1H3,(H,15,16). The first-order valence-corrected chi connectivity index (χ1v) is 7.25. The van der Waals surface area contributed by atoms with Crippen LogP contribution < -0.4 is 10.2 Å². The van der Waals surface area contributed by atoms with Crippen molar-refractivity contribution in [2.24, 2.45) is 0 Å². The molecule has 0 aliphatic carbocycles. The van der Waals surface area contributed by atoms with E-state index in [-0.39, 0.29) is 0 Å². The molecule has 0 unspecified atom stereocenters. The van der Waals surface area contributed by atoms with Gasteiger partial charge in [-0.25, -0.2) is 4.98 Å². The van der Waals surface area contributed by atoms with Gasteiger partial charge in [-0.15, -0.1) is 11.3 Å². The zero-order valence-corrected chi connectivity index (χ0v) is 11.3. The van der Waals surface area contributed by atoms with Gasteiger partial charge in [0, 0.05) is 42.5 Å². The number of hydrogen-bond acceptors (Lipinski definition) is 4. The lowest BCUT2D eigenvalue weighted by molar-refractivity contribution is 0.743. The Kier molecular flexibility index (Phi) is 3.19. The normalized spacial score (nSPS) is 14.4. The van der Waals surface area contributed by atoms with Crippen LogP contribution in [0.2, 0.25) is 0 Å². The molecule has 0 amide bonds. The second-order valence-corrected chi connectivity index (χ2v) is 5.47. The molecule has 4 heteroatoms. The summed E-state index contributed by atoms with van der Waals surface area (Å²) in [6, 6.07) is 6.48. The smallest absolute Gasteiger partial charge is 0.127 e. The van der Waals surface area contributed by atoms with Crippen LogP contribution in [-0.2, 0) is 13.0 Å². The molecule has 1 aliphatic rings. The lowest BCUT2D eigenvalue weighted by Crippen LogP contribution is -2.29. The largest absolute Gasteiger partial charge is 0.370 e. The summed E-state index contributed by atoms with van der Waals surface area (Å²) in [6.07, 6.45) is 3.04. The Hall–Kier alpha value is -1.55. The van der Waals surface area contributed by atoms with Crippen molar-refractivity contribution in [2.75, 3.05) is 23.3 Å². The SMILES string of the molecule is CCNc1cc(N2CCc3sccc3C2)ccn1. The molecule has 94 valence electrons. The quantitative estimate of drug-likeness (QED) is 0.918. The summed E-state index contributed by atoms with van der Waals surface area (Å²) in [7, 11) is 0. The fourth-order valence-corrected chi connectivity index (χ4v) is 3.25. The van der Waals surface area contributed by atoms with E-state index in [1.165, 1.54) is 11.3 Å². The zero-order chi connectivity index (χ0) is 12.4. The van der Waals surface area contributed by atoms with Crippen LogP contribution in [0.3, 0.4) is 0 Å². The molecule has 3 rings (SSSR count). The van der Waals surface area contributed by atoms with Crippen LogP contribution in [0.4, 0.5) is 11.5 Å². The third kappa shape index (κ3) is 2.20. The van der Waals surface area contributed by atoms with Gasteiger partial charge in [0.2, 0.25) is 0 Å². The van der Waals surface area contributed by atoms with E-state index in [4.69, 9.17) is 0 Å². The maximum atomic E-state index is 4.32. The van der Waals surface area contributed by atoms with Gasteiger partial charge in [-0.2, -0.15) is 0 Å². The fourth-order valence-electron chi connectivity index (χ4n) is 2.36.